The maximum absolute atomic E-state index is 12.3. The van der Waals surface area contributed by atoms with E-state index < -0.39 is 0 Å². The molecule has 1 N–H and O–H groups in total. The SMILES string of the molecule is O=C(CCNCc1ccccn1)N1CCN(c2cccc(Cl)c2)CC1. The minimum absolute atomic E-state index is 0.208. The highest BCUT2D eigenvalue weighted by Gasteiger charge is 2.20. The topological polar surface area (TPSA) is 48.5 Å². The molecule has 1 aliphatic rings. The van der Waals surface area contributed by atoms with E-state index in [0.717, 1.165) is 42.6 Å². The third-order valence-corrected chi connectivity index (χ3v) is 4.59. The fourth-order valence-electron chi connectivity index (χ4n) is 2.96. The number of carbonyl (C=O) groups excluding carboxylic acids is 1. The highest BCUT2D eigenvalue weighted by atomic mass is 35.5. The molecule has 5 nitrogen and oxygen atoms in total. The quantitative estimate of drug-likeness (QED) is 0.806. The summed E-state index contributed by atoms with van der Waals surface area (Å²) in [5, 5.41) is 4.02. The van der Waals surface area contributed by atoms with Gasteiger partial charge >= 0.3 is 0 Å². The maximum Gasteiger partial charge on any atom is 0.223 e. The second kappa shape index (κ2) is 8.83. The Morgan fingerprint density at radius 2 is 1.96 bits per heavy atom. The van der Waals surface area contributed by atoms with Crippen molar-refractivity contribution in [1.82, 2.24) is 15.2 Å². The Kier molecular flexibility index (Phi) is 6.25. The van der Waals surface area contributed by atoms with Crippen LogP contribution in [0.5, 0.6) is 0 Å². The number of hydrogen-bond acceptors (Lipinski definition) is 4. The monoisotopic (exact) mass is 358 g/mol. The first-order valence-corrected chi connectivity index (χ1v) is 8.99. The van der Waals surface area contributed by atoms with Crippen molar-refractivity contribution in [1.29, 1.82) is 0 Å². The van der Waals surface area contributed by atoms with E-state index >= 15 is 0 Å². The number of benzene rings is 1. The summed E-state index contributed by atoms with van der Waals surface area (Å²) in [6.07, 6.45) is 2.30. The van der Waals surface area contributed by atoms with Crippen LogP contribution >= 0.6 is 11.6 Å². The lowest BCUT2D eigenvalue weighted by Crippen LogP contribution is -2.49. The Bertz CT molecular complexity index is 687. The van der Waals surface area contributed by atoms with E-state index in [4.69, 9.17) is 11.6 Å². The Morgan fingerprint density at radius 1 is 1.12 bits per heavy atom. The molecule has 3 rings (SSSR count). The molecular weight excluding hydrogens is 336 g/mol. The molecule has 0 unspecified atom stereocenters. The summed E-state index contributed by atoms with van der Waals surface area (Å²) in [7, 11) is 0. The van der Waals surface area contributed by atoms with Crippen molar-refractivity contribution in [3.05, 3.63) is 59.4 Å². The van der Waals surface area contributed by atoms with Gasteiger partial charge in [-0.2, -0.15) is 0 Å². The Labute approximate surface area is 153 Å². The average molecular weight is 359 g/mol. The molecule has 1 aromatic carbocycles. The molecule has 0 spiro atoms. The number of rotatable bonds is 6. The lowest BCUT2D eigenvalue weighted by atomic mass is 10.2. The molecule has 132 valence electrons. The first-order chi connectivity index (χ1) is 12.2. The highest BCUT2D eigenvalue weighted by Crippen LogP contribution is 2.20. The number of hydrogen-bond donors (Lipinski definition) is 1. The van der Waals surface area contributed by atoms with E-state index in [1.165, 1.54) is 0 Å². The summed E-state index contributed by atoms with van der Waals surface area (Å²) in [5.41, 5.74) is 2.11. The predicted octanol–water partition coefficient (Wildman–Crippen LogP) is 2.56. The molecule has 6 heteroatoms. The molecular formula is C19H23ClN4O. The molecule has 0 saturated carbocycles. The van der Waals surface area contributed by atoms with Crippen LogP contribution in [0.3, 0.4) is 0 Å². The second-order valence-corrected chi connectivity index (χ2v) is 6.53. The third kappa shape index (κ3) is 5.18. The molecule has 0 atom stereocenters. The summed E-state index contributed by atoms with van der Waals surface area (Å²) in [6.45, 7) is 4.55. The molecule has 0 aliphatic carbocycles. The Hall–Kier alpha value is -2.11. The Morgan fingerprint density at radius 3 is 2.68 bits per heavy atom. The van der Waals surface area contributed by atoms with Crippen molar-refractivity contribution >= 4 is 23.2 Å². The van der Waals surface area contributed by atoms with Crippen molar-refractivity contribution in [2.45, 2.75) is 13.0 Å². The van der Waals surface area contributed by atoms with Gasteiger partial charge in [0.1, 0.15) is 0 Å². The van der Waals surface area contributed by atoms with Crippen molar-refractivity contribution in [2.75, 3.05) is 37.6 Å². The summed E-state index contributed by atoms with van der Waals surface area (Å²) in [6, 6.07) is 13.7. The maximum atomic E-state index is 12.3. The van der Waals surface area contributed by atoms with Gasteiger partial charge in [-0.15, -0.1) is 0 Å². The van der Waals surface area contributed by atoms with Crippen LogP contribution in [0.4, 0.5) is 5.69 Å². The second-order valence-electron chi connectivity index (χ2n) is 6.10. The predicted molar refractivity (Wildman–Crippen MR) is 101 cm³/mol. The summed E-state index contributed by atoms with van der Waals surface area (Å²) < 4.78 is 0. The molecule has 1 aromatic heterocycles. The molecule has 0 radical (unpaired) electrons. The van der Waals surface area contributed by atoms with Crippen LogP contribution in [-0.2, 0) is 11.3 Å². The van der Waals surface area contributed by atoms with Crippen LogP contribution in [0.15, 0.2) is 48.7 Å². The molecule has 2 heterocycles. The molecule has 1 amide bonds. The molecule has 1 saturated heterocycles. The standard InChI is InChI=1S/C19H23ClN4O/c20-16-4-3-6-18(14-16)23-10-12-24(13-11-23)19(25)7-9-21-15-17-5-1-2-8-22-17/h1-6,8,14,21H,7,9-13,15H2. The van der Waals surface area contributed by atoms with E-state index in [1.807, 2.05) is 41.3 Å². The Balaban J connectivity index is 1.38. The highest BCUT2D eigenvalue weighted by molar-refractivity contribution is 6.30. The number of anilines is 1. The summed E-state index contributed by atoms with van der Waals surface area (Å²) in [5.74, 6) is 0.208. The van der Waals surface area contributed by atoms with Gasteiger partial charge in [0.15, 0.2) is 0 Å². The average Bonchev–Trinajstić information content (AvgIpc) is 2.66. The number of amides is 1. The van der Waals surface area contributed by atoms with Crippen LogP contribution in [0.25, 0.3) is 0 Å². The van der Waals surface area contributed by atoms with Gasteiger partial charge < -0.3 is 15.1 Å². The van der Waals surface area contributed by atoms with Crippen LogP contribution in [0.1, 0.15) is 12.1 Å². The van der Waals surface area contributed by atoms with Crippen LogP contribution in [0, 0.1) is 0 Å². The smallest absolute Gasteiger partial charge is 0.223 e. The zero-order valence-electron chi connectivity index (χ0n) is 14.2. The van der Waals surface area contributed by atoms with E-state index in [-0.39, 0.29) is 5.91 Å². The summed E-state index contributed by atoms with van der Waals surface area (Å²) >= 11 is 6.06. The lowest BCUT2D eigenvalue weighted by Gasteiger charge is -2.36. The minimum atomic E-state index is 0.208. The van der Waals surface area contributed by atoms with E-state index in [1.54, 1.807) is 6.20 Å². The van der Waals surface area contributed by atoms with Crippen LogP contribution in [-0.4, -0.2) is 48.5 Å². The summed E-state index contributed by atoms with van der Waals surface area (Å²) in [4.78, 5) is 20.8. The zero-order valence-corrected chi connectivity index (χ0v) is 15.0. The number of aromatic nitrogens is 1. The van der Waals surface area contributed by atoms with Gasteiger partial charge in [-0.1, -0.05) is 23.7 Å². The lowest BCUT2D eigenvalue weighted by molar-refractivity contribution is -0.131. The van der Waals surface area contributed by atoms with Gasteiger partial charge in [0, 0.05) is 62.6 Å². The number of halogens is 1. The normalized spacial score (nSPS) is 14.6. The van der Waals surface area contributed by atoms with Crippen molar-refractivity contribution in [2.24, 2.45) is 0 Å². The minimum Gasteiger partial charge on any atom is -0.368 e. The van der Waals surface area contributed by atoms with E-state index in [9.17, 15) is 4.79 Å². The number of pyridine rings is 1. The first kappa shape index (κ1) is 17.7. The molecule has 0 bridgehead atoms. The molecule has 2 aromatic rings. The molecule has 25 heavy (non-hydrogen) atoms. The van der Waals surface area contributed by atoms with Crippen molar-refractivity contribution < 1.29 is 4.79 Å². The van der Waals surface area contributed by atoms with Crippen LogP contribution < -0.4 is 10.2 Å². The van der Waals surface area contributed by atoms with Crippen LogP contribution in [0.2, 0.25) is 5.02 Å². The van der Waals surface area contributed by atoms with Gasteiger partial charge in [0.05, 0.1) is 5.69 Å². The van der Waals surface area contributed by atoms with Crippen molar-refractivity contribution in [3.63, 3.8) is 0 Å². The zero-order chi connectivity index (χ0) is 17.5. The fourth-order valence-corrected chi connectivity index (χ4v) is 3.14. The van der Waals surface area contributed by atoms with Gasteiger partial charge in [0.2, 0.25) is 5.91 Å². The number of piperazine rings is 1. The van der Waals surface area contributed by atoms with Gasteiger partial charge in [-0.05, 0) is 30.3 Å². The first-order valence-electron chi connectivity index (χ1n) is 8.61. The molecule has 1 fully saturated rings. The van der Waals surface area contributed by atoms with E-state index in [0.29, 0.717) is 19.5 Å². The third-order valence-electron chi connectivity index (χ3n) is 4.35. The van der Waals surface area contributed by atoms with Gasteiger partial charge in [-0.3, -0.25) is 9.78 Å². The van der Waals surface area contributed by atoms with Crippen molar-refractivity contribution in [3.8, 4) is 0 Å². The fraction of sp³-hybridized carbons (Fsp3) is 0.368. The van der Waals surface area contributed by atoms with Gasteiger partial charge in [0.25, 0.3) is 0 Å². The largest absolute Gasteiger partial charge is 0.368 e. The van der Waals surface area contributed by atoms with E-state index in [2.05, 4.69) is 21.3 Å². The number of nitrogens with zero attached hydrogens (tertiary/aromatic N) is 3. The molecule has 1 aliphatic heterocycles. The number of nitrogens with one attached hydrogen (secondary N) is 1. The number of carbonyl (C=O) groups is 1. The van der Waals surface area contributed by atoms with Gasteiger partial charge in [-0.25, -0.2) is 0 Å².